The highest BCUT2D eigenvalue weighted by atomic mass is 79.9. The normalized spacial score (nSPS) is 12.1. The van der Waals surface area contributed by atoms with E-state index in [1.807, 2.05) is 0 Å². The molecule has 1 N–H and O–H groups in total. The quantitative estimate of drug-likeness (QED) is 0.681. The Bertz CT molecular complexity index is 410. The molecule has 3 nitrogen and oxygen atoms in total. The summed E-state index contributed by atoms with van der Waals surface area (Å²) in [6, 6.07) is 0. The molecular formula is C16H30BrN3. The predicted octanol–water partition coefficient (Wildman–Crippen LogP) is 4.19. The zero-order chi connectivity index (χ0) is 15.2. The summed E-state index contributed by atoms with van der Waals surface area (Å²) in [4.78, 5) is 0. The number of hydrogen-bond donors (Lipinski definition) is 1. The molecule has 0 aliphatic rings. The highest BCUT2D eigenvalue weighted by Gasteiger charge is 2.23. The van der Waals surface area contributed by atoms with Crippen LogP contribution in [-0.4, -0.2) is 22.9 Å². The summed E-state index contributed by atoms with van der Waals surface area (Å²) in [7, 11) is 0. The van der Waals surface area contributed by atoms with E-state index in [0.29, 0.717) is 5.41 Å². The lowest BCUT2D eigenvalue weighted by Crippen LogP contribution is -2.25. The molecule has 4 heteroatoms. The van der Waals surface area contributed by atoms with E-state index in [2.05, 4.69) is 60.5 Å². The Morgan fingerprint density at radius 2 is 1.90 bits per heavy atom. The van der Waals surface area contributed by atoms with Crippen LogP contribution in [0.15, 0.2) is 4.47 Å². The van der Waals surface area contributed by atoms with Gasteiger partial charge in [-0.15, -0.1) is 0 Å². The van der Waals surface area contributed by atoms with Crippen LogP contribution in [0.2, 0.25) is 0 Å². The largest absolute Gasteiger partial charge is 0.317 e. The van der Waals surface area contributed by atoms with Crippen molar-refractivity contribution in [1.29, 1.82) is 0 Å². The van der Waals surface area contributed by atoms with Crippen LogP contribution in [0.25, 0.3) is 0 Å². The van der Waals surface area contributed by atoms with Crippen molar-refractivity contribution in [2.45, 2.75) is 66.8 Å². The lowest BCUT2D eigenvalue weighted by Gasteiger charge is -2.25. The van der Waals surface area contributed by atoms with Crippen molar-refractivity contribution in [1.82, 2.24) is 15.1 Å². The van der Waals surface area contributed by atoms with Gasteiger partial charge in [0, 0.05) is 6.54 Å². The van der Waals surface area contributed by atoms with Crippen LogP contribution in [0.1, 0.15) is 58.8 Å². The van der Waals surface area contributed by atoms with Crippen LogP contribution in [0.4, 0.5) is 0 Å². The van der Waals surface area contributed by atoms with Gasteiger partial charge < -0.3 is 5.32 Å². The molecule has 0 atom stereocenters. The molecule has 1 rings (SSSR count). The number of aryl methyl sites for hydroxylation is 2. The fourth-order valence-corrected chi connectivity index (χ4v) is 3.16. The minimum atomic E-state index is 0.293. The van der Waals surface area contributed by atoms with Gasteiger partial charge in [-0.25, -0.2) is 0 Å². The van der Waals surface area contributed by atoms with E-state index in [1.165, 1.54) is 28.7 Å². The summed E-state index contributed by atoms with van der Waals surface area (Å²) in [6.45, 7) is 14.4. The zero-order valence-electron chi connectivity index (χ0n) is 13.7. The summed E-state index contributed by atoms with van der Waals surface area (Å²) < 4.78 is 3.38. The summed E-state index contributed by atoms with van der Waals surface area (Å²) in [5.74, 6) is 0. The van der Waals surface area contributed by atoms with Gasteiger partial charge in [-0.2, -0.15) is 5.10 Å². The second kappa shape index (κ2) is 8.18. The Morgan fingerprint density at radius 3 is 2.45 bits per heavy atom. The first kappa shape index (κ1) is 17.7. The number of halogens is 1. The second-order valence-corrected chi connectivity index (χ2v) is 7.01. The molecular weight excluding hydrogens is 314 g/mol. The lowest BCUT2D eigenvalue weighted by atomic mass is 9.84. The molecule has 0 bridgehead atoms. The molecule has 1 aromatic rings. The molecule has 0 spiro atoms. The molecule has 0 aromatic carbocycles. The summed E-state index contributed by atoms with van der Waals surface area (Å²) in [5, 5.41) is 8.20. The molecule has 1 heterocycles. The maximum atomic E-state index is 4.69. The fraction of sp³-hybridized carbons (Fsp3) is 0.812. The van der Waals surface area contributed by atoms with Gasteiger partial charge in [0.2, 0.25) is 0 Å². The van der Waals surface area contributed by atoms with E-state index in [4.69, 9.17) is 5.10 Å². The molecule has 116 valence electrons. The van der Waals surface area contributed by atoms with Crippen molar-refractivity contribution in [2.75, 3.05) is 13.1 Å². The molecule has 0 unspecified atom stereocenters. The molecule has 0 aliphatic heterocycles. The minimum Gasteiger partial charge on any atom is -0.317 e. The van der Waals surface area contributed by atoms with E-state index >= 15 is 0 Å². The van der Waals surface area contributed by atoms with Crippen molar-refractivity contribution < 1.29 is 0 Å². The topological polar surface area (TPSA) is 29.9 Å². The Balaban J connectivity index is 2.72. The van der Waals surface area contributed by atoms with Crippen LogP contribution in [0.3, 0.4) is 0 Å². The van der Waals surface area contributed by atoms with Gasteiger partial charge in [-0.3, -0.25) is 4.68 Å². The molecule has 0 amide bonds. The third-order valence-corrected chi connectivity index (χ3v) is 4.66. The van der Waals surface area contributed by atoms with Gasteiger partial charge in [0.1, 0.15) is 0 Å². The van der Waals surface area contributed by atoms with Gasteiger partial charge in [-0.05, 0) is 67.0 Å². The number of nitrogens with zero attached hydrogens (tertiary/aromatic N) is 2. The van der Waals surface area contributed by atoms with Gasteiger partial charge >= 0.3 is 0 Å². The standard InChI is InChI=1S/C16H30BrN3/c1-6-10-18-11-9-16(4,5)12-14-15(17)13(7-2)19-20(14)8-3/h18H,6-12H2,1-5H3. The van der Waals surface area contributed by atoms with E-state index in [-0.39, 0.29) is 0 Å². The first-order valence-electron chi connectivity index (χ1n) is 7.90. The molecule has 0 fully saturated rings. The molecule has 20 heavy (non-hydrogen) atoms. The Morgan fingerprint density at radius 1 is 1.20 bits per heavy atom. The molecule has 0 radical (unpaired) electrons. The maximum Gasteiger partial charge on any atom is 0.0766 e. The number of nitrogens with one attached hydrogen (secondary N) is 1. The lowest BCUT2D eigenvalue weighted by molar-refractivity contribution is 0.315. The van der Waals surface area contributed by atoms with E-state index in [0.717, 1.165) is 32.5 Å². The first-order valence-corrected chi connectivity index (χ1v) is 8.69. The van der Waals surface area contributed by atoms with Crippen LogP contribution in [0, 0.1) is 5.41 Å². The third kappa shape index (κ3) is 4.88. The Hall–Kier alpha value is -0.350. The summed E-state index contributed by atoms with van der Waals surface area (Å²) in [5.41, 5.74) is 2.83. The molecule has 0 saturated heterocycles. The number of aromatic nitrogens is 2. The number of rotatable bonds is 9. The zero-order valence-corrected chi connectivity index (χ0v) is 15.3. The molecule has 0 saturated carbocycles. The first-order chi connectivity index (χ1) is 9.45. The van der Waals surface area contributed by atoms with Crippen molar-refractivity contribution >= 4 is 15.9 Å². The smallest absolute Gasteiger partial charge is 0.0766 e. The second-order valence-electron chi connectivity index (χ2n) is 6.22. The monoisotopic (exact) mass is 343 g/mol. The molecule has 0 aliphatic carbocycles. The highest BCUT2D eigenvalue weighted by Crippen LogP contribution is 2.31. The molecule has 1 aromatic heterocycles. The third-order valence-electron chi connectivity index (χ3n) is 3.75. The maximum absolute atomic E-state index is 4.69. The minimum absolute atomic E-state index is 0.293. The van der Waals surface area contributed by atoms with Crippen LogP contribution in [0.5, 0.6) is 0 Å². The fourth-order valence-electron chi connectivity index (χ4n) is 2.46. The average molecular weight is 344 g/mol. The SMILES string of the molecule is CCCNCCC(C)(C)Cc1c(Br)c(CC)nn1CC. The summed E-state index contributed by atoms with van der Waals surface area (Å²) >= 11 is 3.75. The number of hydrogen-bond acceptors (Lipinski definition) is 2. The van der Waals surface area contributed by atoms with Gasteiger partial charge in [0.25, 0.3) is 0 Å². The summed E-state index contributed by atoms with van der Waals surface area (Å²) in [6.07, 6.45) is 4.45. The van der Waals surface area contributed by atoms with Crippen LogP contribution >= 0.6 is 15.9 Å². The van der Waals surface area contributed by atoms with Crippen molar-refractivity contribution in [3.05, 3.63) is 15.9 Å². The van der Waals surface area contributed by atoms with Gasteiger partial charge in [0.15, 0.2) is 0 Å². The van der Waals surface area contributed by atoms with Gasteiger partial charge in [-0.1, -0.05) is 27.7 Å². The Kier molecular flexibility index (Phi) is 7.24. The predicted molar refractivity (Wildman–Crippen MR) is 90.2 cm³/mol. The van der Waals surface area contributed by atoms with Crippen molar-refractivity contribution in [2.24, 2.45) is 5.41 Å². The highest BCUT2D eigenvalue weighted by molar-refractivity contribution is 9.10. The van der Waals surface area contributed by atoms with E-state index < -0.39 is 0 Å². The average Bonchev–Trinajstić information content (AvgIpc) is 2.71. The van der Waals surface area contributed by atoms with E-state index in [1.54, 1.807) is 0 Å². The van der Waals surface area contributed by atoms with Crippen LogP contribution < -0.4 is 5.32 Å². The van der Waals surface area contributed by atoms with Gasteiger partial charge in [0.05, 0.1) is 15.9 Å². The Labute approximate surface area is 132 Å². The van der Waals surface area contributed by atoms with Crippen LogP contribution in [-0.2, 0) is 19.4 Å². The van der Waals surface area contributed by atoms with Crippen molar-refractivity contribution in [3.8, 4) is 0 Å². The van der Waals surface area contributed by atoms with Crippen molar-refractivity contribution in [3.63, 3.8) is 0 Å². The van der Waals surface area contributed by atoms with E-state index in [9.17, 15) is 0 Å².